The van der Waals surface area contributed by atoms with Crippen LogP contribution in [0.3, 0.4) is 0 Å². The minimum Gasteiger partial charge on any atom is -0.0775 e. The van der Waals surface area contributed by atoms with Crippen molar-refractivity contribution in [3.05, 3.63) is 11.6 Å². The van der Waals surface area contributed by atoms with Crippen LogP contribution in [0.25, 0.3) is 0 Å². The number of allylic oxidation sites excluding steroid dienone is 2. The van der Waals surface area contributed by atoms with Gasteiger partial charge in [-0.2, -0.15) is 0 Å². The van der Waals surface area contributed by atoms with Crippen molar-refractivity contribution in [2.24, 2.45) is 29.6 Å². The van der Waals surface area contributed by atoms with Crippen molar-refractivity contribution in [1.29, 1.82) is 0 Å². The number of hydrogen-bond acceptors (Lipinski definition) is 0. The predicted octanol–water partition coefficient (Wildman–Crippen LogP) is 5.30. The molecule has 0 bridgehead atoms. The van der Waals surface area contributed by atoms with Crippen LogP contribution in [0.1, 0.15) is 60.8 Å². The van der Waals surface area contributed by atoms with Gasteiger partial charge in [-0.15, -0.1) is 0 Å². The molecule has 5 atom stereocenters. The zero-order valence-electron chi connectivity index (χ0n) is 12.1. The molecule has 0 aromatic rings. The predicted molar refractivity (Wildman–Crippen MR) is 73.4 cm³/mol. The minimum atomic E-state index is 0.805. The Morgan fingerprint density at radius 2 is 1.69 bits per heavy atom. The maximum absolute atomic E-state index is 2.44. The summed E-state index contributed by atoms with van der Waals surface area (Å²) in [5.41, 5.74) is 1.71. The van der Waals surface area contributed by atoms with Gasteiger partial charge in [-0.1, -0.05) is 72.5 Å². The summed E-state index contributed by atoms with van der Waals surface area (Å²) in [6, 6.07) is 0. The third kappa shape index (κ3) is 3.64. The molecule has 94 valence electrons. The lowest BCUT2D eigenvalue weighted by atomic mass is 9.79. The Morgan fingerprint density at radius 1 is 1.12 bits per heavy atom. The van der Waals surface area contributed by atoms with E-state index in [2.05, 4.69) is 47.6 Å². The molecule has 0 fully saturated rings. The molecule has 0 aromatic carbocycles. The monoisotopic (exact) mass is 222 g/mol. The normalized spacial score (nSPS) is 26.9. The Labute approximate surface area is 103 Å². The first-order valence-electron chi connectivity index (χ1n) is 7.18. The van der Waals surface area contributed by atoms with E-state index in [1.165, 1.54) is 19.3 Å². The highest BCUT2D eigenvalue weighted by atomic mass is 14.4. The Hall–Kier alpha value is -0.260. The molecule has 0 amide bonds. The lowest BCUT2D eigenvalue weighted by Gasteiger charge is -2.26. The van der Waals surface area contributed by atoms with E-state index in [0.29, 0.717) is 0 Å². The summed E-state index contributed by atoms with van der Waals surface area (Å²) in [7, 11) is 0. The zero-order chi connectivity index (χ0) is 12.3. The molecule has 0 N–H and O–H groups in total. The molecule has 0 saturated heterocycles. The highest BCUT2D eigenvalue weighted by Gasteiger charge is 2.30. The average Bonchev–Trinajstić information content (AvgIpc) is 3.00. The van der Waals surface area contributed by atoms with Crippen LogP contribution in [-0.2, 0) is 0 Å². The van der Waals surface area contributed by atoms with Crippen LogP contribution < -0.4 is 0 Å². The summed E-state index contributed by atoms with van der Waals surface area (Å²) < 4.78 is 0. The zero-order valence-corrected chi connectivity index (χ0v) is 12.1. The van der Waals surface area contributed by atoms with Gasteiger partial charge < -0.3 is 0 Å². The molecule has 0 heteroatoms. The largest absolute Gasteiger partial charge is 0.0775 e. The van der Waals surface area contributed by atoms with E-state index >= 15 is 0 Å². The summed E-state index contributed by atoms with van der Waals surface area (Å²) in [4.78, 5) is 0. The molecule has 1 rings (SSSR count). The molecule has 0 radical (unpaired) electrons. The average molecular weight is 222 g/mol. The van der Waals surface area contributed by atoms with Gasteiger partial charge in [-0.05, 0) is 29.6 Å². The lowest BCUT2D eigenvalue weighted by molar-refractivity contribution is 0.275. The third-order valence-corrected chi connectivity index (χ3v) is 4.88. The fraction of sp³-hybridized carbons (Fsp3) is 0.875. The van der Waals surface area contributed by atoms with Crippen molar-refractivity contribution in [3.63, 3.8) is 0 Å². The van der Waals surface area contributed by atoms with Gasteiger partial charge in [-0.25, -0.2) is 0 Å². The fourth-order valence-corrected chi connectivity index (χ4v) is 2.62. The van der Waals surface area contributed by atoms with E-state index in [1.807, 2.05) is 0 Å². The second-order valence-electron chi connectivity index (χ2n) is 6.17. The second kappa shape index (κ2) is 5.89. The Balaban J connectivity index is 2.30. The smallest absolute Gasteiger partial charge is 0.00457 e. The quantitative estimate of drug-likeness (QED) is 0.513. The molecular weight excluding hydrogens is 192 g/mol. The van der Waals surface area contributed by atoms with Crippen LogP contribution in [0.4, 0.5) is 0 Å². The van der Waals surface area contributed by atoms with E-state index < -0.39 is 0 Å². The maximum atomic E-state index is 2.44. The number of rotatable bonds is 7. The topological polar surface area (TPSA) is 0 Å². The van der Waals surface area contributed by atoms with Crippen LogP contribution in [-0.4, -0.2) is 0 Å². The molecule has 1 aliphatic carbocycles. The van der Waals surface area contributed by atoms with E-state index in [9.17, 15) is 0 Å². The minimum absolute atomic E-state index is 0.805. The van der Waals surface area contributed by atoms with E-state index in [0.717, 1.165) is 29.6 Å². The van der Waals surface area contributed by atoms with Crippen LogP contribution in [0.2, 0.25) is 0 Å². The van der Waals surface area contributed by atoms with E-state index in [1.54, 1.807) is 5.57 Å². The second-order valence-corrected chi connectivity index (χ2v) is 6.17. The van der Waals surface area contributed by atoms with Gasteiger partial charge in [-0.3, -0.25) is 0 Å². The standard InChI is InChI=1S/C16H30/c1-7-11(2)8-9-12(3)14(5)15(6)16-10-13(16)4/h10-15H,7-9H2,1-6H3. The molecule has 1 aliphatic rings. The van der Waals surface area contributed by atoms with Crippen LogP contribution in [0.15, 0.2) is 11.6 Å². The SMILES string of the molecule is CCC(C)CCC(C)C(C)C(C)C1=CC1C. The molecular formula is C16H30. The first kappa shape index (κ1) is 13.8. The van der Waals surface area contributed by atoms with Gasteiger partial charge in [0.05, 0.1) is 0 Å². The summed E-state index contributed by atoms with van der Waals surface area (Å²) in [5.74, 6) is 4.24. The van der Waals surface area contributed by atoms with Crippen molar-refractivity contribution >= 4 is 0 Å². The fourth-order valence-electron chi connectivity index (χ4n) is 2.62. The summed E-state index contributed by atoms with van der Waals surface area (Å²) in [6.07, 6.45) is 6.58. The Kier molecular flexibility index (Phi) is 5.08. The summed E-state index contributed by atoms with van der Waals surface area (Å²) in [5, 5.41) is 0. The first-order valence-corrected chi connectivity index (χ1v) is 7.18. The summed E-state index contributed by atoms with van der Waals surface area (Å²) in [6.45, 7) is 14.3. The van der Waals surface area contributed by atoms with Crippen molar-refractivity contribution in [2.75, 3.05) is 0 Å². The maximum Gasteiger partial charge on any atom is -0.00457 e. The van der Waals surface area contributed by atoms with Crippen molar-refractivity contribution < 1.29 is 0 Å². The Morgan fingerprint density at radius 3 is 2.12 bits per heavy atom. The molecule has 16 heavy (non-hydrogen) atoms. The molecule has 0 saturated carbocycles. The summed E-state index contributed by atoms with van der Waals surface area (Å²) >= 11 is 0. The van der Waals surface area contributed by atoms with Gasteiger partial charge in [0.1, 0.15) is 0 Å². The van der Waals surface area contributed by atoms with Gasteiger partial charge in [0, 0.05) is 0 Å². The molecule has 0 nitrogen and oxygen atoms in total. The van der Waals surface area contributed by atoms with Crippen LogP contribution >= 0.6 is 0 Å². The van der Waals surface area contributed by atoms with Crippen molar-refractivity contribution in [1.82, 2.24) is 0 Å². The van der Waals surface area contributed by atoms with Gasteiger partial charge in [0.2, 0.25) is 0 Å². The van der Waals surface area contributed by atoms with Gasteiger partial charge in [0.25, 0.3) is 0 Å². The highest BCUT2D eigenvalue weighted by Crippen LogP contribution is 2.41. The van der Waals surface area contributed by atoms with Crippen LogP contribution in [0.5, 0.6) is 0 Å². The lowest BCUT2D eigenvalue weighted by Crippen LogP contribution is -2.17. The van der Waals surface area contributed by atoms with Crippen molar-refractivity contribution in [3.8, 4) is 0 Å². The number of hydrogen-bond donors (Lipinski definition) is 0. The highest BCUT2D eigenvalue weighted by molar-refractivity contribution is 5.30. The molecule has 5 unspecified atom stereocenters. The van der Waals surface area contributed by atoms with Crippen LogP contribution in [0, 0.1) is 29.6 Å². The molecule has 0 spiro atoms. The van der Waals surface area contributed by atoms with Gasteiger partial charge >= 0.3 is 0 Å². The van der Waals surface area contributed by atoms with E-state index in [4.69, 9.17) is 0 Å². The molecule has 0 aliphatic heterocycles. The first-order chi connectivity index (χ1) is 7.47. The van der Waals surface area contributed by atoms with Crippen molar-refractivity contribution in [2.45, 2.75) is 60.8 Å². The Bertz CT molecular complexity index is 238. The molecule has 0 aromatic heterocycles. The third-order valence-electron chi connectivity index (χ3n) is 4.88. The molecule has 0 heterocycles. The van der Waals surface area contributed by atoms with Gasteiger partial charge in [0.15, 0.2) is 0 Å². The van der Waals surface area contributed by atoms with E-state index in [-0.39, 0.29) is 0 Å².